The Hall–Kier alpha value is -1.94. The Morgan fingerprint density at radius 2 is 2.05 bits per heavy atom. The minimum atomic E-state index is -0.225. The van der Waals surface area contributed by atoms with Gasteiger partial charge < -0.3 is 5.32 Å². The number of rotatable bonds is 5. The fourth-order valence-corrected chi connectivity index (χ4v) is 1.72. The number of hydrogen-bond donors (Lipinski definition) is 1. The van der Waals surface area contributed by atoms with Crippen molar-refractivity contribution >= 4 is 24.1 Å². The summed E-state index contributed by atoms with van der Waals surface area (Å²) in [5.74, 6) is 0.310. The Kier molecular flexibility index (Phi) is 6.67. The van der Waals surface area contributed by atoms with E-state index in [-0.39, 0.29) is 18.3 Å². The Bertz CT molecular complexity index is 546. The highest BCUT2D eigenvalue weighted by molar-refractivity contribution is 6.02. The van der Waals surface area contributed by atoms with Crippen molar-refractivity contribution in [1.82, 2.24) is 9.97 Å². The highest BCUT2D eigenvalue weighted by atomic mass is 35.5. The monoisotopic (exact) mass is 291 g/mol. The predicted molar refractivity (Wildman–Crippen MR) is 82.3 cm³/mol. The molecule has 1 amide bonds. The van der Waals surface area contributed by atoms with Crippen LogP contribution >= 0.6 is 12.4 Å². The van der Waals surface area contributed by atoms with E-state index in [1.165, 1.54) is 0 Å². The van der Waals surface area contributed by atoms with E-state index < -0.39 is 0 Å². The number of aromatic nitrogens is 2. The number of aryl methyl sites for hydroxylation is 1. The zero-order chi connectivity index (χ0) is 13.5. The summed E-state index contributed by atoms with van der Waals surface area (Å²) in [5, 5.41) is 2.73. The van der Waals surface area contributed by atoms with Crippen molar-refractivity contribution in [2.75, 3.05) is 5.32 Å². The first-order valence-electron chi connectivity index (χ1n) is 6.48. The Balaban J connectivity index is 0.00000200. The minimum absolute atomic E-state index is 0. The summed E-state index contributed by atoms with van der Waals surface area (Å²) in [6.45, 7) is 2.14. The van der Waals surface area contributed by atoms with Crippen LogP contribution in [0.3, 0.4) is 0 Å². The average Bonchev–Trinajstić information content (AvgIpc) is 2.46. The molecular formula is C15H18ClN3O. The van der Waals surface area contributed by atoms with Crippen LogP contribution in [-0.4, -0.2) is 15.9 Å². The van der Waals surface area contributed by atoms with Crippen molar-refractivity contribution in [3.05, 3.63) is 54.0 Å². The van der Waals surface area contributed by atoms with Crippen LogP contribution in [0.2, 0.25) is 0 Å². The number of nitrogens with zero attached hydrogens (tertiary/aromatic N) is 2. The van der Waals surface area contributed by atoms with Gasteiger partial charge in [0, 0.05) is 11.9 Å². The van der Waals surface area contributed by atoms with Gasteiger partial charge in [0.25, 0.3) is 5.91 Å². The zero-order valence-corrected chi connectivity index (χ0v) is 12.2. The Morgan fingerprint density at radius 3 is 2.75 bits per heavy atom. The molecule has 0 bridgehead atoms. The number of hydrogen-bond acceptors (Lipinski definition) is 3. The molecule has 0 atom stereocenters. The maximum atomic E-state index is 12.0. The lowest BCUT2D eigenvalue weighted by atomic mass is 10.2. The van der Waals surface area contributed by atoms with E-state index in [1.54, 1.807) is 24.4 Å². The normalized spacial score (nSPS) is 9.65. The van der Waals surface area contributed by atoms with E-state index in [4.69, 9.17) is 0 Å². The third kappa shape index (κ3) is 4.63. The SMILES string of the molecule is CCCCc1cccc(C(=O)Nc2ccccn2)n1.Cl. The summed E-state index contributed by atoms with van der Waals surface area (Å²) >= 11 is 0. The fourth-order valence-electron chi connectivity index (χ4n) is 1.72. The van der Waals surface area contributed by atoms with Crippen LogP contribution in [0.4, 0.5) is 5.82 Å². The molecule has 0 aliphatic rings. The highest BCUT2D eigenvalue weighted by Crippen LogP contribution is 2.07. The van der Waals surface area contributed by atoms with Crippen LogP contribution in [0.5, 0.6) is 0 Å². The molecule has 1 N–H and O–H groups in total. The highest BCUT2D eigenvalue weighted by Gasteiger charge is 2.08. The third-order valence-corrected chi connectivity index (χ3v) is 2.73. The second-order valence-corrected chi connectivity index (χ2v) is 4.29. The number of halogens is 1. The minimum Gasteiger partial charge on any atom is -0.305 e. The number of carbonyl (C=O) groups excluding carboxylic acids is 1. The lowest BCUT2D eigenvalue weighted by Crippen LogP contribution is -2.15. The molecule has 5 heteroatoms. The smallest absolute Gasteiger partial charge is 0.275 e. The molecule has 0 spiro atoms. The average molecular weight is 292 g/mol. The molecule has 2 heterocycles. The van der Waals surface area contributed by atoms with Crippen molar-refractivity contribution < 1.29 is 4.79 Å². The van der Waals surface area contributed by atoms with Crippen LogP contribution in [-0.2, 0) is 6.42 Å². The summed E-state index contributed by atoms with van der Waals surface area (Å²) in [6, 6.07) is 10.9. The van der Waals surface area contributed by atoms with Gasteiger partial charge in [0.05, 0.1) is 0 Å². The van der Waals surface area contributed by atoms with E-state index in [0.29, 0.717) is 11.5 Å². The molecule has 2 aromatic heterocycles. The van der Waals surface area contributed by atoms with Gasteiger partial charge >= 0.3 is 0 Å². The number of amides is 1. The van der Waals surface area contributed by atoms with Crippen molar-refractivity contribution in [2.24, 2.45) is 0 Å². The van der Waals surface area contributed by atoms with Gasteiger partial charge in [0.15, 0.2) is 0 Å². The summed E-state index contributed by atoms with van der Waals surface area (Å²) in [7, 11) is 0. The molecule has 0 fully saturated rings. The van der Waals surface area contributed by atoms with E-state index in [9.17, 15) is 4.79 Å². The molecule has 0 aromatic carbocycles. The summed E-state index contributed by atoms with van der Waals surface area (Å²) in [5.41, 5.74) is 1.38. The molecular weight excluding hydrogens is 274 g/mol. The van der Waals surface area contributed by atoms with Crippen molar-refractivity contribution in [1.29, 1.82) is 0 Å². The van der Waals surface area contributed by atoms with Crippen molar-refractivity contribution in [3.8, 4) is 0 Å². The number of nitrogens with one attached hydrogen (secondary N) is 1. The van der Waals surface area contributed by atoms with Crippen LogP contribution in [0, 0.1) is 0 Å². The lowest BCUT2D eigenvalue weighted by Gasteiger charge is -2.05. The fraction of sp³-hybridized carbons (Fsp3) is 0.267. The number of unbranched alkanes of at least 4 members (excludes halogenated alkanes) is 1. The van der Waals surface area contributed by atoms with Gasteiger partial charge in [-0.05, 0) is 37.1 Å². The molecule has 2 rings (SSSR count). The van der Waals surface area contributed by atoms with E-state index in [0.717, 1.165) is 25.0 Å². The summed E-state index contributed by atoms with van der Waals surface area (Å²) in [6.07, 6.45) is 4.74. The lowest BCUT2D eigenvalue weighted by molar-refractivity contribution is 0.102. The van der Waals surface area contributed by atoms with Gasteiger partial charge in [-0.15, -0.1) is 12.4 Å². The topological polar surface area (TPSA) is 54.9 Å². The first-order chi connectivity index (χ1) is 9.29. The third-order valence-electron chi connectivity index (χ3n) is 2.73. The zero-order valence-electron chi connectivity index (χ0n) is 11.4. The van der Waals surface area contributed by atoms with E-state index >= 15 is 0 Å². The Morgan fingerprint density at radius 1 is 1.20 bits per heavy atom. The summed E-state index contributed by atoms with van der Waals surface area (Å²) in [4.78, 5) is 20.4. The Labute approximate surface area is 125 Å². The molecule has 20 heavy (non-hydrogen) atoms. The maximum Gasteiger partial charge on any atom is 0.275 e. The standard InChI is InChI=1S/C15H17N3O.ClH/c1-2-3-7-12-8-6-9-13(17-12)15(19)18-14-10-4-5-11-16-14;/h4-6,8-11H,2-3,7H2,1H3,(H,16,18,19);1H. The van der Waals surface area contributed by atoms with Crippen LogP contribution in [0.15, 0.2) is 42.6 Å². The van der Waals surface area contributed by atoms with Crippen LogP contribution in [0.25, 0.3) is 0 Å². The number of pyridine rings is 2. The van der Waals surface area contributed by atoms with Gasteiger partial charge in [-0.2, -0.15) is 0 Å². The molecule has 0 saturated heterocycles. The quantitative estimate of drug-likeness (QED) is 0.917. The van der Waals surface area contributed by atoms with Gasteiger partial charge in [-0.25, -0.2) is 9.97 Å². The summed E-state index contributed by atoms with van der Waals surface area (Å²) < 4.78 is 0. The van der Waals surface area contributed by atoms with E-state index in [1.807, 2.05) is 18.2 Å². The molecule has 0 radical (unpaired) electrons. The van der Waals surface area contributed by atoms with Crippen molar-refractivity contribution in [2.45, 2.75) is 26.2 Å². The second-order valence-electron chi connectivity index (χ2n) is 4.29. The van der Waals surface area contributed by atoms with Crippen LogP contribution in [0.1, 0.15) is 35.9 Å². The number of carbonyl (C=O) groups is 1. The van der Waals surface area contributed by atoms with E-state index in [2.05, 4.69) is 22.2 Å². The van der Waals surface area contributed by atoms with Crippen LogP contribution < -0.4 is 5.32 Å². The maximum absolute atomic E-state index is 12.0. The van der Waals surface area contributed by atoms with Gasteiger partial charge in [-0.3, -0.25) is 4.79 Å². The largest absolute Gasteiger partial charge is 0.305 e. The second kappa shape index (κ2) is 8.27. The van der Waals surface area contributed by atoms with Gasteiger partial charge in [0.2, 0.25) is 0 Å². The van der Waals surface area contributed by atoms with Gasteiger partial charge in [0.1, 0.15) is 11.5 Å². The van der Waals surface area contributed by atoms with Crippen molar-refractivity contribution in [3.63, 3.8) is 0 Å². The molecule has 4 nitrogen and oxygen atoms in total. The molecule has 2 aromatic rings. The van der Waals surface area contributed by atoms with Gasteiger partial charge in [-0.1, -0.05) is 25.5 Å². The molecule has 106 valence electrons. The predicted octanol–water partition coefficient (Wildman–Crippen LogP) is 3.49. The first kappa shape index (κ1) is 16.1. The molecule has 0 aliphatic carbocycles. The molecule has 0 unspecified atom stereocenters. The first-order valence-corrected chi connectivity index (χ1v) is 6.48. The molecule has 0 saturated carbocycles. The number of anilines is 1. The molecule has 0 aliphatic heterocycles.